The number of ether oxygens (including phenoxy) is 3. The third kappa shape index (κ3) is 6.95. The molecule has 0 aliphatic carbocycles. The van der Waals surface area contributed by atoms with Crippen molar-refractivity contribution < 1.29 is 28.2 Å². The van der Waals surface area contributed by atoms with Crippen LogP contribution < -0.4 is 10.5 Å². The number of halogens is 1. The molecule has 1 unspecified atom stereocenters. The van der Waals surface area contributed by atoms with Crippen molar-refractivity contribution in [3.05, 3.63) is 29.1 Å². The summed E-state index contributed by atoms with van der Waals surface area (Å²) in [6.07, 6.45) is -2.16. The number of carbonyl (C=O) groups is 2. The minimum atomic E-state index is -0.949. The molecular formula is C19H26FN3O5. The number of nitrogens with two attached hydrogens (primary N) is 1. The van der Waals surface area contributed by atoms with Gasteiger partial charge in [-0.2, -0.15) is 5.26 Å². The van der Waals surface area contributed by atoms with Crippen LogP contribution in [0, 0.1) is 17.1 Å². The molecule has 0 radical (unpaired) electrons. The number of carbonyl (C=O) groups excluding carboxylic acids is 2. The van der Waals surface area contributed by atoms with Gasteiger partial charge in [0.15, 0.2) is 0 Å². The first-order chi connectivity index (χ1) is 13.0. The fourth-order valence-electron chi connectivity index (χ4n) is 2.26. The molecule has 2 amide bonds. The van der Waals surface area contributed by atoms with Gasteiger partial charge in [-0.1, -0.05) is 0 Å². The molecule has 0 fully saturated rings. The number of rotatable bonds is 7. The van der Waals surface area contributed by atoms with Gasteiger partial charge in [0.2, 0.25) is 0 Å². The largest absolute Gasteiger partial charge is 0.487 e. The lowest BCUT2D eigenvalue weighted by molar-refractivity contribution is 0.0241. The van der Waals surface area contributed by atoms with Gasteiger partial charge in [-0.15, -0.1) is 0 Å². The highest BCUT2D eigenvalue weighted by atomic mass is 19.1. The van der Waals surface area contributed by atoms with E-state index in [2.05, 4.69) is 4.74 Å². The highest BCUT2D eigenvalue weighted by Gasteiger charge is 2.25. The molecule has 0 spiro atoms. The van der Waals surface area contributed by atoms with Crippen molar-refractivity contribution in [1.82, 2.24) is 4.90 Å². The average molecular weight is 395 g/mol. The third-order valence-corrected chi connectivity index (χ3v) is 3.50. The van der Waals surface area contributed by atoms with Crippen LogP contribution in [0.4, 0.5) is 14.0 Å². The monoisotopic (exact) mass is 395 g/mol. The zero-order chi connectivity index (χ0) is 21.5. The van der Waals surface area contributed by atoms with Crippen molar-refractivity contribution in [1.29, 1.82) is 5.26 Å². The maximum Gasteiger partial charge on any atom is 0.410 e. The van der Waals surface area contributed by atoms with Crippen molar-refractivity contribution in [3.8, 4) is 11.8 Å². The van der Waals surface area contributed by atoms with Gasteiger partial charge in [0, 0.05) is 12.1 Å². The summed E-state index contributed by atoms with van der Waals surface area (Å²) in [5.74, 6) is -0.536. The maximum absolute atomic E-state index is 14.1. The summed E-state index contributed by atoms with van der Waals surface area (Å²) < 4.78 is 29.9. The predicted molar refractivity (Wildman–Crippen MR) is 99.1 cm³/mol. The van der Waals surface area contributed by atoms with Crippen LogP contribution in [0.15, 0.2) is 12.1 Å². The molecule has 0 aromatic heterocycles. The minimum absolute atomic E-state index is 0.0925. The highest BCUT2D eigenvalue weighted by molar-refractivity contribution is 5.68. The molecule has 0 saturated carbocycles. The summed E-state index contributed by atoms with van der Waals surface area (Å²) in [7, 11) is 0. The van der Waals surface area contributed by atoms with Crippen LogP contribution in [0.5, 0.6) is 5.75 Å². The van der Waals surface area contributed by atoms with E-state index in [4.69, 9.17) is 15.2 Å². The lowest BCUT2D eigenvalue weighted by Crippen LogP contribution is -2.36. The Bertz CT molecular complexity index is 755. The molecule has 1 rings (SSSR count). The van der Waals surface area contributed by atoms with E-state index in [1.54, 1.807) is 40.7 Å². The van der Waals surface area contributed by atoms with Crippen LogP contribution in [-0.2, 0) is 16.0 Å². The molecule has 1 aromatic rings. The summed E-state index contributed by atoms with van der Waals surface area (Å²) >= 11 is 0. The zero-order valence-corrected chi connectivity index (χ0v) is 16.7. The van der Waals surface area contributed by atoms with Crippen molar-refractivity contribution in [2.45, 2.75) is 52.9 Å². The standard InChI is InChI=1S/C19H26FN3O5/c1-6-23(18(25)28-19(3,4)5)10-14-13(9-21)15(20)7-8-16(14)27-12(2)11-26-17(22)24/h7-8,12H,6,10-11H2,1-5H3,(H2,22,24). The Labute approximate surface area is 163 Å². The van der Waals surface area contributed by atoms with Crippen LogP contribution in [0.2, 0.25) is 0 Å². The third-order valence-electron chi connectivity index (χ3n) is 3.50. The van der Waals surface area contributed by atoms with E-state index in [1.807, 2.05) is 0 Å². The second kappa shape index (κ2) is 9.78. The molecule has 0 aliphatic rings. The Kier molecular flexibility index (Phi) is 8.04. The summed E-state index contributed by atoms with van der Waals surface area (Å²) in [6, 6.07) is 4.26. The molecule has 8 nitrogen and oxygen atoms in total. The number of primary amides is 1. The summed E-state index contributed by atoms with van der Waals surface area (Å²) in [5, 5.41) is 9.38. The molecule has 0 aliphatic heterocycles. The van der Waals surface area contributed by atoms with E-state index in [0.29, 0.717) is 0 Å². The molecule has 0 bridgehead atoms. The van der Waals surface area contributed by atoms with Crippen LogP contribution >= 0.6 is 0 Å². The summed E-state index contributed by atoms with van der Waals surface area (Å²) in [4.78, 5) is 24.5. The van der Waals surface area contributed by atoms with Crippen molar-refractivity contribution >= 4 is 12.2 Å². The molecule has 1 atom stereocenters. The fraction of sp³-hybridized carbons (Fsp3) is 0.526. The van der Waals surface area contributed by atoms with Gasteiger partial charge >= 0.3 is 12.2 Å². The van der Waals surface area contributed by atoms with Crippen molar-refractivity contribution in [2.75, 3.05) is 13.2 Å². The smallest absolute Gasteiger partial charge is 0.410 e. The molecule has 2 N–H and O–H groups in total. The Morgan fingerprint density at radius 1 is 1.36 bits per heavy atom. The van der Waals surface area contributed by atoms with Gasteiger partial charge < -0.3 is 24.8 Å². The van der Waals surface area contributed by atoms with Crippen molar-refractivity contribution in [3.63, 3.8) is 0 Å². The van der Waals surface area contributed by atoms with Gasteiger partial charge in [-0.25, -0.2) is 14.0 Å². The number of hydrogen-bond acceptors (Lipinski definition) is 6. The van der Waals surface area contributed by atoms with Gasteiger partial charge in [-0.05, 0) is 46.8 Å². The van der Waals surface area contributed by atoms with E-state index >= 15 is 0 Å². The fourth-order valence-corrected chi connectivity index (χ4v) is 2.26. The SMILES string of the molecule is CCN(Cc1c(OC(C)COC(N)=O)ccc(F)c1C#N)C(=O)OC(C)(C)C. The molecular weight excluding hydrogens is 369 g/mol. The molecule has 0 saturated heterocycles. The Morgan fingerprint density at radius 3 is 2.50 bits per heavy atom. The van der Waals surface area contributed by atoms with Gasteiger partial charge in [0.1, 0.15) is 35.9 Å². The zero-order valence-electron chi connectivity index (χ0n) is 16.7. The van der Waals surface area contributed by atoms with E-state index in [1.165, 1.54) is 11.0 Å². The summed E-state index contributed by atoms with van der Waals surface area (Å²) in [5.41, 5.74) is 4.19. The van der Waals surface area contributed by atoms with Crippen LogP contribution in [0.3, 0.4) is 0 Å². The first kappa shape index (κ1) is 23.0. The molecule has 9 heteroatoms. The van der Waals surface area contributed by atoms with Gasteiger partial charge in [-0.3, -0.25) is 0 Å². The van der Waals surface area contributed by atoms with Crippen LogP contribution in [0.25, 0.3) is 0 Å². The second-order valence-electron chi connectivity index (χ2n) is 7.06. The van der Waals surface area contributed by atoms with Crippen molar-refractivity contribution in [2.24, 2.45) is 5.73 Å². The molecule has 0 heterocycles. The lowest BCUT2D eigenvalue weighted by atomic mass is 10.1. The highest BCUT2D eigenvalue weighted by Crippen LogP contribution is 2.28. The second-order valence-corrected chi connectivity index (χ2v) is 7.06. The molecule has 1 aromatic carbocycles. The van der Waals surface area contributed by atoms with E-state index < -0.39 is 29.7 Å². The number of nitriles is 1. The number of hydrogen-bond donors (Lipinski definition) is 1. The Balaban J connectivity index is 3.16. The number of nitrogens with zero attached hydrogens (tertiary/aromatic N) is 2. The van der Waals surface area contributed by atoms with E-state index in [9.17, 15) is 19.2 Å². The summed E-state index contributed by atoms with van der Waals surface area (Å²) in [6.45, 7) is 8.61. The maximum atomic E-state index is 14.1. The molecule has 154 valence electrons. The Morgan fingerprint density at radius 2 is 2.00 bits per heavy atom. The van der Waals surface area contributed by atoms with Gasteiger partial charge in [0.25, 0.3) is 0 Å². The minimum Gasteiger partial charge on any atom is -0.487 e. The average Bonchev–Trinajstić information content (AvgIpc) is 2.58. The van der Waals surface area contributed by atoms with E-state index in [0.717, 1.165) is 6.07 Å². The van der Waals surface area contributed by atoms with Crippen LogP contribution in [0.1, 0.15) is 45.7 Å². The Hall–Kier alpha value is -3.02. The normalized spacial score (nSPS) is 11.9. The number of amides is 2. The van der Waals surface area contributed by atoms with Crippen LogP contribution in [-0.4, -0.2) is 41.9 Å². The lowest BCUT2D eigenvalue weighted by Gasteiger charge is -2.27. The molecule has 28 heavy (non-hydrogen) atoms. The quantitative estimate of drug-likeness (QED) is 0.757. The van der Waals surface area contributed by atoms with E-state index in [-0.39, 0.29) is 36.6 Å². The first-order valence-corrected chi connectivity index (χ1v) is 8.76. The van der Waals surface area contributed by atoms with Gasteiger partial charge in [0.05, 0.1) is 12.1 Å². The first-order valence-electron chi connectivity index (χ1n) is 8.76. The predicted octanol–water partition coefficient (Wildman–Crippen LogP) is 3.32. The number of benzene rings is 1. The topological polar surface area (TPSA) is 115 Å².